The van der Waals surface area contributed by atoms with E-state index in [4.69, 9.17) is 20.1 Å². The molecule has 1 aromatic heterocycles. The first-order valence-electron chi connectivity index (χ1n) is 7.97. The quantitative estimate of drug-likeness (QED) is 0.461. The molecule has 0 bridgehead atoms. The van der Waals surface area contributed by atoms with Crippen molar-refractivity contribution in [3.8, 4) is 17.4 Å². The molecule has 1 heterocycles. The molecular formula is C19H19N3O4. The molecule has 26 heavy (non-hydrogen) atoms. The Morgan fingerprint density at radius 1 is 1.31 bits per heavy atom. The Bertz CT molecular complexity index is 869. The van der Waals surface area contributed by atoms with Crippen molar-refractivity contribution in [2.45, 2.75) is 26.7 Å². The lowest BCUT2D eigenvalue weighted by atomic mass is 10.1. The van der Waals surface area contributed by atoms with E-state index in [1.165, 1.54) is 6.92 Å². The molecular weight excluding hydrogens is 334 g/mol. The molecule has 0 aliphatic heterocycles. The maximum atomic E-state index is 11.7. The second kappa shape index (κ2) is 8.62. The molecule has 2 aromatic rings. The van der Waals surface area contributed by atoms with Crippen LogP contribution in [0.15, 0.2) is 46.1 Å². The summed E-state index contributed by atoms with van der Waals surface area (Å²) in [6.07, 6.45) is 1.85. The second-order valence-electron chi connectivity index (χ2n) is 5.74. The van der Waals surface area contributed by atoms with E-state index in [1.54, 1.807) is 12.3 Å². The number of carbonyl (C=O) groups excluding carboxylic acids is 2. The van der Waals surface area contributed by atoms with Crippen molar-refractivity contribution < 1.29 is 18.7 Å². The number of carbonyl (C=O) groups is 2. The number of rotatable bonds is 7. The fourth-order valence-electron chi connectivity index (χ4n) is 2.15. The van der Waals surface area contributed by atoms with Gasteiger partial charge in [0.25, 0.3) is 0 Å². The number of nitriles is 1. The van der Waals surface area contributed by atoms with Gasteiger partial charge in [-0.1, -0.05) is 29.8 Å². The van der Waals surface area contributed by atoms with E-state index in [1.807, 2.05) is 31.2 Å². The van der Waals surface area contributed by atoms with Crippen molar-refractivity contribution in [3.05, 3.63) is 53.2 Å². The molecule has 0 fully saturated rings. The van der Waals surface area contributed by atoms with E-state index in [-0.39, 0.29) is 24.1 Å². The Labute approximate surface area is 151 Å². The topological polar surface area (TPSA) is 119 Å². The highest BCUT2D eigenvalue weighted by Gasteiger charge is 2.15. The lowest BCUT2D eigenvalue weighted by molar-refractivity contribution is -0.147. The van der Waals surface area contributed by atoms with Crippen LogP contribution in [0.1, 0.15) is 24.8 Å². The first-order valence-corrected chi connectivity index (χ1v) is 7.97. The van der Waals surface area contributed by atoms with Gasteiger partial charge in [-0.25, -0.2) is 4.98 Å². The minimum Gasteiger partial charge on any atom is -0.457 e. The maximum absolute atomic E-state index is 11.7. The first-order chi connectivity index (χ1) is 12.4. The normalized spacial score (nSPS) is 11.4. The van der Waals surface area contributed by atoms with E-state index in [0.29, 0.717) is 11.7 Å². The summed E-state index contributed by atoms with van der Waals surface area (Å²) in [6.45, 7) is 2.92. The van der Waals surface area contributed by atoms with E-state index >= 15 is 0 Å². The van der Waals surface area contributed by atoms with Gasteiger partial charge < -0.3 is 14.9 Å². The van der Waals surface area contributed by atoms with Crippen LogP contribution in [-0.2, 0) is 20.7 Å². The van der Waals surface area contributed by atoms with Crippen LogP contribution in [-0.4, -0.2) is 23.3 Å². The van der Waals surface area contributed by atoms with Gasteiger partial charge in [0.1, 0.15) is 11.6 Å². The van der Waals surface area contributed by atoms with E-state index in [9.17, 15) is 9.59 Å². The largest absolute Gasteiger partial charge is 0.457 e. The highest BCUT2D eigenvalue weighted by atomic mass is 16.5. The van der Waals surface area contributed by atoms with Gasteiger partial charge in [0, 0.05) is 17.7 Å². The molecule has 0 radical (unpaired) electrons. The van der Waals surface area contributed by atoms with Gasteiger partial charge in [-0.05, 0) is 13.8 Å². The number of aromatic nitrogens is 1. The SMILES string of the molecule is C/C(N)=C(\C#N)C(=O)COC(=O)CCc1ncc(-c2ccc(C)cc2)o1. The number of nitrogens with zero attached hydrogens (tertiary/aromatic N) is 2. The van der Waals surface area contributed by atoms with Crippen molar-refractivity contribution in [1.29, 1.82) is 5.26 Å². The van der Waals surface area contributed by atoms with Crippen molar-refractivity contribution >= 4 is 11.8 Å². The smallest absolute Gasteiger partial charge is 0.306 e. The summed E-state index contributed by atoms with van der Waals surface area (Å²) in [4.78, 5) is 27.6. The Balaban J connectivity index is 1.85. The molecule has 7 nitrogen and oxygen atoms in total. The number of aryl methyl sites for hydroxylation is 2. The number of hydrogen-bond acceptors (Lipinski definition) is 7. The monoisotopic (exact) mass is 353 g/mol. The standard InChI is InChI=1S/C19H19N3O4/c1-12-3-5-14(6-4-12)17-10-22-18(26-17)7-8-19(24)25-11-16(23)15(9-20)13(2)21/h3-6,10H,7-8,11,21H2,1-2H3/b15-13-. The van der Waals surface area contributed by atoms with Crippen LogP contribution >= 0.6 is 0 Å². The lowest BCUT2D eigenvalue weighted by Crippen LogP contribution is -2.17. The van der Waals surface area contributed by atoms with Crippen LogP contribution < -0.4 is 5.73 Å². The van der Waals surface area contributed by atoms with Crippen molar-refractivity contribution in [3.63, 3.8) is 0 Å². The summed E-state index contributed by atoms with van der Waals surface area (Å²) in [6, 6.07) is 9.50. The molecule has 0 amide bonds. The average molecular weight is 353 g/mol. The molecule has 0 aliphatic carbocycles. The number of allylic oxidation sites excluding steroid dienone is 1. The fraction of sp³-hybridized carbons (Fsp3) is 0.263. The number of esters is 1. The minimum atomic E-state index is -0.626. The Kier molecular flexibility index (Phi) is 6.28. The molecule has 0 spiro atoms. The zero-order valence-corrected chi connectivity index (χ0v) is 14.6. The number of nitrogens with two attached hydrogens (primary N) is 1. The molecule has 0 aliphatic rings. The summed E-state index contributed by atoms with van der Waals surface area (Å²) >= 11 is 0. The predicted octanol–water partition coefficient (Wildman–Crippen LogP) is 2.45. The third kappa shape index (κ3) is 5.05. The van der Waals surface area contributed by atoms with E-state index < -0.39 is 18.4 Å². The molecule has 134 valence electrons. The number of ether oxygens (including phenoxy) is 1. The summed E-state index contributed by atoms with van der Waals surface area (Å²) in [7, 11) is 0. The molecule has 7 heteroatoms. The number of oxazole rings is 1. The summed E-state index contributed by atoms with van der Waals surface area (Å²) < 4.78 is 10.5. The zero-order chi connectivity index (χ0) is 19.1. The number of ketones is 1. The van der Waals surface area contributed by atoms with Crippen molar-refractivity contribution in [1.82, 2.24) is 4.98 Å². The average Bonchev–Trinajstić information content (AvgIpc) is 3.08. The Hall–Kier alpha value is -3.40. The summed E-state index contributed by atoms with van der Waals surface area (Å²) in [5, 5.41) is 8.83. The van der Waals surface area contributed by atoms with Gasteiger partial charge in [0.2, 0.25) is 5.78 Å². The molecule has 0 saturated carbocycles. The van der Waals surface area contributed by atoms with Gasteiger partial charge in [-0.3, -0.25) is 9.59 Å². The van der Waals surface area contributed by atoms with Crippen molar-refractivity contribution in [2.75, 3.05) is 6.61 Å². The van der Waals surface area contributed by atoms with Crippen LogP contribution in [0, 0.1) is 18.3 Å². The molecule has 0 saturated heterocycles. The van der Waals surface area contributed by atoms with Crippen LogP contribution in [0.5, 0.6) is 0 Å². The van der Waals surface area contributed by atoms with Crippen LogP contribution in [0.4, 0.5) is 0 Å². The first kappa shape index (κ1) is 18.9. The number of hydrogen-bond donors (Lipinski definition) is 1. The third-order valence-electron chi connectivity index (χ3n) is 3.58. The number of Topliss-reactive ketones (excluding diaryl/α,β-unsaturated/α-hetero) is 1. The van der Waals surface area contributed by atoms with Crippen LogP contribution in [0.3, 0.4) is 0 Å². The molecule has 0 atom stereocenters. The summed E-state index contributed by atoms with van der Waals surface area (Å²) in [5.41, 5.74) is 7.36. The van der Waals surface area contributed by atoms with E-state index in [0.717, 1.165) is 11.1 Å². The van der Waals surface area contributed by atoms with Crippen LogP contribution in [0.2, 0.25) is 0 Å². The number of benzene rings is 1. The van der Waals surface area contributed by atoms with Gasteiger partial charge >= 0.3 is 5.97 Å². The molecule has 0 unspecified atom stereocenters. The molecule has 2 rings (SSSR count). The minimum absolute atomic E-state index is 0.00827. The second-order valence-corrected chi connectivity index (χ2v) is 5.74. The predicted molar refractivity (Wildman–Crippen MR) is 93.5 cm³/mol. The zero-order valence-electron chi connectivity index (χ0n) is 14.6. The Morgan fingerprint density at radius 2 is 2.00 bits per heavy atom. The van der Waals surface area contributed by atoms with Gasteiger partial charge in [-0.2, -0.15) is 5.26 Å². The fourth-order valence-corrected chi connectivity index (χ4v) is 2.15. The van der Waals surface area contributed by atoms with Gasteiger partial charge in [0.05, 0.1) is 12.6 Å². The van der Waals surface area contributed by atoms with E-state index in [2.05, 4.69) is 4.98 Å². The van der Waals surface area contributed by atoms with Gasteiger partial charge in [-0.15, -0.1) is 0 Å². The lowest BCUT2D eigenvalue weighted by Gasteiger charge is -2.03. The Morgan fingerprint density at radius 3 is 2.62 bits per heavy atom. The van der Waals surface area contributed by atoms with Crippen molar-refractivity contribution in [2.24, 2.45) is 5.73 Å². The summed E-state index contributed by atoms with van der Waals surface area (Å²) in [5.74, 6) is -0.191. The molecule has 2 N–H and O–H groups in total. The third-order valence-corrected chi connectivity index (χ3v) is 3.58. The maximum Gasteiger partial charge on any atom is 0.306 e. The highest BCUT2D eigenvalue weighted by molar-refractivity contribution is 6.01. The van der Waals surface area contributed by atoms with Gasteiger partial charge in [0.15, 0.2) is 18.3 Å². The van der Waals surface area contributed by atoms with Crippen LogP contribution in [0.25, 0.3) is 11.3 Å². The highest BCUT2D eigenvalue weighted by Crippen LogP contribution is 2.21. The molecule has 1 aromatic carbocycles.